The highest BCUT2D eigenvalue weighted by Crippen LogP contribution is 2.44. The Bertz CT molecular complexity index is 1190. The van der Waals surface area contributed by atoms with E-state index in [9.17, 15) is 14.4 Å². The number of aliphatic carboxylic acids is 1. The largest absolute Gasteiger partial charge is 0.478 e. The molecule has 7 nitrogen and oxygen atoms in total. The molecular formula is C26H22N2O5. The molecule has 0 saturated heterocycles. The first-order valence-corrected chi connectivity index (χ1v) is 10.4. The molecule has 0 fully saturated rings. The molecule has 3 aromatic rings. The fraction of sp³-hybridized carbons (Fsp3) is 0.115. The summed E-state index contributed by atoms with van der Waals surface area (Å²) in [6, 6.07) is 22.8. The van der Waals surface area contributed by atoms with E-state index in [0.717, 1.165) is 28.3 Å². The molecule has 1 aliphatic rings. The Morgan fingerprint density at radius 3 is 2.24 bits per heavy atom. The number of anilines is 1. The molecular weight excluding hydrogens is 420 g/mol. The predicted octanol–water partition coefficient (Wildman–Crippen LogP) is 4.26. The van der Waals surface area contributed by atoms with Gasteiger partial charge in [-0.05, 0) is 46.0 Å². The first-order valence-electron chi connectivity index (χ1n) is 10.4. The second-order valence-electron chi connectivity index (χ2n) is 7.52. The predicted molar refractivity (Wildman–Crippen MR) is 125 cm³/mol. The average molecular weight is 442 g/mol. The number of alkyl carbamates (subject to hydrolysis) is 1. The number of fused-ring (bicyclic) bond motifs is 3. The topological polar surface area (TPSA) is 105 Å². The second kappa shape index (κ2) is 9.82. The molecule has 33 heavy (non-hydrogen) atoms. The molecule has 1 aliphatic carbocycles. The van der Waals surface area contributed by atoms with E-state index >= 15 is 0 Å². The maximum Gasteiger partial charge on any atom is 0.407 e. The number of carbonyl (C=O) groups excluding carboxylic acids is 2. The van der Waals surface area contributed by atoms with Crippen molar-refractivity contribution in [2.45, 2.75) is 5.92 Å². The Morgan fingerprint density at radius 1 is 0.909 bits per heavy atom. The van der Waals surface area contributed by atoms with Crippen LogP contribution in [0.3, 0.4) is 0 Å². The lowest BCUT2D eigenvalue weighted by Crippen LogP contribution is -2.33. The van der Waals surface area contributed by atoms with Crippen LogP contribution in [0.25, 0.3) is 17.2 Å². The van der Waals surface area contributed by atoms with Gasteiger partial charge in [-0.2, -0.15) is 0 Å². The number of carbonyl (C=O) groups is 3. The molecule has 4 rings (SSSR count). The van der Waals surface area contributed by atoms with Gasteiger partial charge in [0, 0.05) is 17.7 Å². The van der Waals surface area contributed by atoms with Gasteiger partial charge in [0.25, 0.3) is 0 Å². The third-order valence-electron chi connectivity index (χ3n) is 5.33. The van der Waals surface area contributed by atoms with Crippen molar-refractivity contribution in [3.05, 3.63) is 95.6 Å². The van der Waals surface area contributed by atoms with Crippen molar-refractivity contribution in [3.8, 4) is 11.1 Å². The van der Waals surface area contributed by atoms with Crippen molar-refractivity contribution in [1.29, 1.82) is 0 Å². The normalized spacial score (nSPS) is 12.1. The van der Waals surface area contributed by atoms with Crippen molar-refractivity contribution in [3.63, 3.8) is 0 Å². The summed E-state index contributed by atoms with van der Waals surface area (Å²) in [5.74, 6) is -1.54. The standard InChI is InChI=1S/C26H22N2O5/c29-24(28-18-7-5-6-17(14-18)12-13-25(30)31)15-27-26(32)33-16-23-21-10-3-1-8-19(21)20-9-2-4-11-22(20)23/h1-14,23H,15-16H2,(H,27,32)(H,28,29)(H,30,31)/b13-12+. The van der Waals surface area contributed by atoms with Gasteiger partial charge in [-0.25, -0.2) is 9.59 Å². The van der Waals surface area contributed by atoms with E-state index in [2.05, 4.69) is 22.8 Å². The molecule has 166 valence electrons. The van der Waals surface area contributed by atoms with E-state index < -0.39 is 18.0 Å². The number of benzene rings is 3. The van der Waals surface area contributed by atoms with Gasteiger partial charge < -0.3 is 20.5 Å². The molecule has 0 spiro atoms. The van der Waals surface area contributed by atoms with E-state index in [4.69, 9.17) is 9.84 Å². The Hall–Kier alpha value is -4.39. The molecule has 0 aliphatic heterocycles. The van der Waals surface area contributed by atoms with Gasteiger partial charge in [-0.1, -0.05) is 60.7 Å². The number of rotatable bonds is 7. The van der Waals surface area contributed by atoms with Gasteiger partial charge in [0.05, 0.1) is 0 Å². The molecule has 0 aromatic heterocycles. The summed E-state index contributed by atoms with van der Waals surface area (Å²) < 4.78 is 5.42. The third kappa shape index (κ3) is 5.27. The molecule has 0 unspecified atom stereocenters. The van der Waals surface area contributed by atoms with Crippen molar-refractivity contribution in [2.24, 2.45) is 0 Å². The molecule has 7 heteroatoms. The lowest BCUT2D eigenvalue weighted by Gasteiger charge is -2.14. The van der Waals surface area contributed by atoms with Crippen LogP contribution in [-0.4, -0.2) is 36.2 Å². The number of amides is 2. The number of carboxylic acid groups (broad SMARTS) is 1. The summed E-state index contributed by atoms with van der Waals surface area (Å²) in [5.41, 5.74) is 5.62. The highest BCUT2D eigenvalue weighted by molar-refractivity contribution is 5.94. The Balaban J connectivity index is 1.29. The summed E-state index contributed by atoms with van der Waals surface area (Å²) in [7, 11) is 0. The second-order valence-corrected chi connectivity index (χ2v) is 7.52. The van der Waals surface area contributed by atoms with E-state index in [0.29, 0.717) is 11.3 Å². The van der Waals surface area contributed by atoms with Crippen molar-refractivity contribution < 1.29 is 24.2 Å². The van der Waals surface area contributed by atoms with E-state index in [1.807, 2.05) is 36.4 Å². The molecule has 0 atom stereocenters. The SMILES string of the molecule is O=C(O)/C=C/c1cccc(NC(=O)CNC(=O)OCC2c3ccccc3-c3ccccc32)c1. The minimum absolute atomic E-state index is 0.0569. The summed E-state index contributed by atoms with van der Waals surface area (Å²) in [6.45, 7) is -0.0920. The van der Waals surface area contributed by atoms with Crippen LogP contribution >= 0.6 is 0 Å². The first-order chi connectivity index (χ1) is 16.0. The summed E-state index contributed by atoms with van der Waals surface area (Å²) in [5, 5.41) is 13.8. The monoisotopic (exact) mass is 442 g/mol. The number of nitrogens with one attached hydrogen (secondary N) is 2. The van der Waals surface area contributed by atoms with Crippen LogP contribution in [0.4, 0.5) is 10.5 Å². The van der Waals surface area contributed by atoms with Crippen LogP contribution in [-0.2, 0) is 14.3 Å². The smallest absolute Gasteiger partial charge is 0.407 e. The number of hydrogen-bond donors (Lipinski definition) is 3. The lowest BCUT2D eigenvalue weighted by atomic mass is 9.98. The average Bonchev–Trinajstić information content (AvgIpc) is 3.14. The van der Waals surface area contributed by atoms with Gasteiger partial charge in [0.1, 0.15) is 13.2 Å². The molecule has 0 bridgehead atoms. The number of hydrogen-bond acceptors (Lipinski definition) is 4. The first kappa shape index (κ1) is 21.8. The van der Waals surface area contributed by atoms with Gasteiger partial charge in [0.15, 0.2) is 0 Å². The zero-order chi connectivity index (χ0) is 23.2. The quantitative estimate of drug-likeness (QED) is 0.474. The van der Waals surface area contributed by atoms with Crippen LogP contribution in [0.2, 0.25) is 0 Å². The van der Waals surface area contributed by atoms with Gasteiger partial charge >= 0.3 is 12.1 Å². The maximum absolute atomic E-state index is 12.2. The van der Waals surface area contributed by atoms with Crippen molar-refractivity contribution in [2.75, 3.05) is 18.5 Å². The van der Waals surface area contributed by atoms with Gasteiger partial charge in [-0.15, -0.1) is 0 Å². The third-order valence-corrected chi connectivity index (χ3v) is 5.33. The fourth-order valence-electron chi connectivity index (χ4n) is 3.89. The highest BCUT2D eigenvalue weighted by atomic mass is 16.5. The highest BCUT2D eigenvalue weighted by Gasteiger charge is 2.29. The minimum Gasteiger partial charge on any atom is -0.478 e. The molecule has 0 heterocycles. The van der Waals surface area contributed by atoms with Crippen LogP contribution in [0, 0.1) is 0 Å². The van der Waals surface area contributed by atoms with Crippen LogP contribution in [0.15, 0.2) is 78.9 Å². The number of ether oxygens (including phenoxy) is 1. The summed E-state index contributed by atoms with van der Waals surface area (Å²) in [6.07, 6.45) is 1.76. The van der Waals surface area contributed by atoms with Gasteiger partial charge in [-0.3, -0.25) is 4.79 Å². The van der Waals surface area contributed by atoms with Crippen molar-refractivity contribution in [1.82, 2.24) is 5.32 Å². The van der Waals surface area contributed by atoms with Gasteiger partial charge in [0.2, 0.25) is 5.91 Å². The van der Waals surface area contributed by atoms with Crippen molar-refractivity contribution >= 4 is 29.7 Å². The zero-order valence-electron chi connectivity index (χ0n) is 17.7. The summed E-state index contributed by atoms with van der Waals surface area (Å²) >= 11 is 0. The fourth-order valence-corrected chi connectivity index (χ4v) is 3.89. The van der Waals surface area contributed by atoms with E-state index in [1.165, 1.54) is 6.08 Å². The number of carboxylic acids is 1. The zero-order valence-corrected chi connectivity index (χ0v) is 17.7. The summed E-state index contributed by atoms with van der Waals surface area (Å²) in [4.78, 5) is 35.0. The van der Waals surface area contributed by atoms with E-state index in [1.54, 1.807) is 24.3 Å². The Labute approximate surface area is 190 Å². The minimum atomic E-state index is -1.06. The molecule has 2 amide bonds. The molecule has 3 N–H and O–H groups in total. The van der Waals surface area contributed by atoms with Crippen LogP contribution in [0.1, 0.15) is 22.6 Å². The van der Waals surface area contributed by atoms with E-state index in [-0.39, 0.29) is 19.1 Å². The maximum atomic E-state index is 12.2. The Kier molecular flexibility index (Phi) is 6.50. The molecule has 3 aromatic carbocycles. The van der Waals surface area contributed by atoms with Crippen LogP contribution in [0.5, 0.6) is 0 Å². The molecule has 0 saturated carbocycles. The molecule has 0 radical (unpaired) electrons. The Morgan fingerprint density at radius 2 is 1.58 bits per heavy atom. The lowest BCUT2D eigenvalue weighted by molar-refractivity contribution is -0.131. The van der Waals surface area contributed by atoms with Crippen LogP contribution < -0.4 is 10.6 Å².